The zero-order valence-electron chi connectivity index (χ0n) is 19.9. The van der Waals surface area contributed by atoms with Crippen LogP contribution in [0.4, 0.5) is 11.8 Å². The topological polar surface area (TPSA) is 146 Å². The Balaban J connectivity index is 1.43. The second-order valence-corrected chi connectivity index (χ2v) is 11.1. The number of ether oxygens (including phenoxy) is 1. The van der Waals surface area contributed by atoms with Crippen molar-refractivity contribution in [2.45, 2.75) is 69.0 Å². The Hall–Kier alpha value is -2.44. The molecule has 3 aromatic heterocycles. The number of aromatic nitrogens is 4. The Morgan fingerprint density at radius 3 is 2.71 bits per heavy atom. The smallest absolute Gasteiger partial charge is 0.224 e. The molecule has 0 aliphatic heterocycles. The SMILES string of the molecule is COC(C)CNc1nc(C)c(-c2nc3c(C4CC4)nccc3s2)c(NC2(O)CCC3C(O)C32O)n1. The van der Waals surface area contributed by atoms with E-state index >= 15 is 0 Å². The normalized spacial score (nSPS) is 30.3. The first-order valence-electron chi connectivity index (χ1n) is 12.1. The second kappa shape index (κ2) is 8.04. The van der Waals surface area contributed by atoms with E-state index < -0.39 is 17.4 Å². The predicted octanol–water partition coefficient (Wildman–Crippen LogP) is 2.40. The number of thiazole rings is 1. The Morgan fingerprint density at radius 1 is 1.23 bits per heavy atom. The third kappa shape index (κ3) is 3.60. The molecule has 0 radical (unpaired) electrons. The maximum atomic E-state index is 11.4. The predicted molar refractivity (Wildman–Crippen MR) is 132 cm³/mol. The maximum absolute atomic E-state index is 11.4. The summed E-state index contributed by atoms with van der Waals surface area (Å²) in [4.78, 5) is 18.9. The fourth-order valence-electron chi connectivity index (χ4n) is 5.23. The van der Waals surface area contributed by atoms with Crippen molar-refractivity contribution in [3.8, 4) is 10.6 Å². The van der Waals surface area contributed by atoms with E-state index in [0.29, 0.717) is 53.3 Å². The van der Waals surface area contributed by atoms with Gasteiger partial charge in [0.2, 0.25) is 5.95 Å². The first kappa shape index (κ1) is 23.0. The van der Waals surface area contributed by atoms with Crippen molar-refractivity contribution in [2.24, 2.45) is 5.92 Å². The van der Waals surface area contributed by atoms with Gasteiger partial charge in [-0.3, -0.25) is 4.98 Å². The van der Waals surface area contributed by atoms with Crippen LogP contribution in [0.3, 0.4) is 0 Å². The molecule has 3 saturated carbocycles. The van der Waals surface area contributed by atoms with E-state index in [1.54, 1.807) is 7.11 Å². The van der Waals surface area contributed by atoms with Crippen molar-refractivity contribution in [1.29, 1.82) is 0 Å². The van der Waals surface area contributed by atoms with Crippen LogP contribution in [0.15, 0.2) is 12.3 Å². The number of methoxy groups -OCH3 is 1. The van der Waals surface area contributed by atoms with Crippen LogP contribution in [0.5, 0.6) is 0 Å². The summed E-state index contributed by atoms with van der Waals surface area (Å²) >= 11 is 1.53. The highest BCUT2D eigenvalue weighted by Crippen LogP contribution is 2.61. The third-order valence-corrected chi connectivity index (χ3v) is 8.68. The maximum Gasteiger partial charge on any atom is 0.224 e. The highest BCUT2D eigenvalue weighted by atomic mass is 32.1. The summed E-state index contributed by atoms with van der Waals surface area (Å²) in [6.45, 7) is 4.31. The number of fused-ring (bicyclic) bond motifs is 2. The number of hydrogen-bond donors (Lipinski definition) is 5. The van der Waals surface area contributed by atoms with Crippen molar-refractivity contribution in [3.05, 3.63) is 23.7 Å². The molecule has 0 spiro atoms. The van der Waals surface area contributed by atoms with E-state index in [0.717, 1.165) is 28.8 Å². The molecule has 3 heterocycles. The lowest BCUT2D eigenvalue weighted by atomic mass is 10.0. The second-order valence-electron chi connectivity index (χ2n) is 10.0. The number of rotatable bonds is 8. The van der Waals surface area contributed by atoms with E-state index in [1.807, 2.05) is 26.1 Å². The van der Waals surface area contributed by atoms with Gasteiger partial charge in [0.1, 0.15) is 21.9 Å². The molecule has 5 unspecified atom stereocenters. The molecule has 10 nitrogen and oxygen atoms in total. The minimum atomic E-state index is -1.71. The van der Waals surface area contributed by atoms with Gasteiger partial charge >= 0.3 is 0 Å². The van der Waals surface area contributed by atoms with Gasteiger partial charge in [-0.15, -0.1) is 11.3 Å². The van der Waals surface area contributed by atoms with Crippen LogP contribution in [0, 0.1) is 12.8 Å². The van der Waals surface area contributed by atoms with Crippen molar-refractivity contribution in [2.75, 3.05) is 24.3 Å². The molecule has 5 atom stereocenters. The third-order valence-electron chi connectivity index (χ3n) is 7.65. The van der Waals surface area contributed by atoms with Crippen molar-refractivity contribution in [3.63, 3.8) is 0 Å². The molecule has 11 heteroatoms. The summed E-state index contributed by atoms with van der Waals surface area (Å²) in [5.41, 5.74) is -0.0469. The summed E-state index contributed by atoms with van der Waals surface area (Å²) in [7, 11) is 1.64. The average Bonchev–Trinajstić information content (AvgIpc) is 3.68. The number of hydrogen-bond acceptors (Lipinski definition) is 11. The van der Waals surface area contributed by atoms with E-state index in [-0.39, 0.29) is 12.0 Å². The molecule has 186 valence electrons. The lowest BCUT2D eigenvalue weighted by Gasteiger charge is -2.33. The van der Waals surface area contributed by atoms with E-state index in [4.69, 9.17) is 9.72 Å². The van der Waals surface area contributed by atoms with Gasteiger partial charge in [-0.1, -0.05) is 0 Å². The number of aryl methyl sites for hydroxylation is 1. The average molecular weight is 499 g/mol. The zero-order valence-corrected chi connectivity index (χ0v) is 20.8. The summed E-state index contributed by atoms with van der Waals surface area (Å²) in [5, 5.41) is 39.6. The van der Waals surface area contributed by atoms with Crippen LogP contribution in [-0.2, 0) is 4.74 Å². The standard InChI is InChI=1S/C24H30N6O4S/c1-11(34-3)10-26-22-27-12(2)16(20(29-22)30-23(32)8-6-14-19(31)24(14,23)33)21-28-18-15(35-21)7-9-25-17(18)13-4-5-13/h7,9,11,13-14,19,31-33H,4-6,8,10H2,1-3H3,(H2,26,27,29,30). The van der Waals surface area contributed by atoms with Crippen LogP contribution >= 0.6 is 11.3 Å². The van der Waals surface area contributed by atoms with Crippen LogP contribution in [0.25, 0.3) is 20.8 Å². The monoisotopic (exact) mass is 498 g/mol. The lowest BCUT2D eigenvalue weighted by molar-refractivity contribution is -0.0851. The minimum absolute atomic E-state index is 0.0466. The molecular formula is C24H30N6O4S. The van der Waals surface area contributed by atoms with Crippen LogP contribution < -0.4 is 10.6 Å². The fraction of sp³-hybridized carbons (Fsp3) is 0.583. The molecule has 6 rings (SSSR count). The molecule has 3 aliphatic rings. The number of aliphatic hydroxyl groups is 3. The molecule has 3 aromatic rings. The number of pyridine rings is 1. The summed E-state index contributed by atoms with van der Waals surface area (Å²) < 4.78 is 6.35. The van der Waals surface area contributed by atoms with Gasteiger partial charge in [-0.2, -0.15) is 4.98 Å². The Labute approximate surface area is 206 Å². The Bertz CT molecular complexity index is 1300. The van der Waals surface area contributed by atoms with E-state index in [9.17, 15) is 15.3 Å². The molecule has 3 fully saturated rings. The molecule has 5 N–H and O–H groups in total. The van der Waals surface area contributed by atoms with Crippen molar-refractivity contribution < 1.29 is 20.1 Å². The van der Waals surface area contributed by atoms with E-state index in [2.05, 4.69) is 25.6 Å². The molecule has 0 aromatic carbocycles. The zero-order chi connectivity index (χ0) is 24.5. The first-order chi connectivity index (χ1) is 16.7. The lowest BCUT2D eigenvalue weighted by Crippen LogP contribution is -2.51. The largest absolute Gasteiger partial charge is 0.390 e. The number of aliphatic hydroxyl groups excluding tert-OH is 1. The van der Waals surface area contributed by atoms with Crippen molar-refractivity contribution in [1.82, 2.24) is 19.9 Å². The molecule has 35 heavy (non-hydrogen) atoms. The van der Waals surface area contributed by atoms with Gasteiger partial charge in [0, 0.05) is 31.7 Å². The van der Waals surface area contributed by atoms with Gasteiger partial charge in [-0.25, -0.2) is 9.97 Å². The first-order valence-corrected chi connectivity index (χ1v) is 12.9. The summed E-state index contributed by atoms with van der Waals surface area (Å²) in [6.07, 6.45) is 3.90. The number of nitrogens with one attached hydrogen (secondary N) is 2. The molecular weight excluding hydrogens is 468 g/mol. The quantitative estimate of drug-likeness (QED) is 0.293. The van der Waals surface area contributed by atoms with E-state index in [1.165, 1.54) is 11.3 Å². The van der Waals surface area contributed by atoms with Crippen molar-refractivity contribution >= 4 is 33.3 Å². The molecule has 0 bridgehead atoms. The van der Waals surface area contributed by atoms with Gasteiger partial charge in [0.05, 0.1) is 33.9 Å². The van der Waals surface area contributed by atoms with Gasteiger partial charge < -0.3 is 30.7 Å². The highest BCUT2D eigenvalue weighted by Gasteiger charge is 2.78. The molecule has 0 amide bonds. The van der Waals surface area contributed by atoms with Crippen LogP contribution in [0.2, 0.25) is 0 Å². The number of anilines is 2. The summed E-state index contributed by atoms with van der Waals surface area (Å²) in [6, 6.07) is 1.96. The molecule has 0 saturated heterocycles. The van der Waals surface area contributed by atoms with Gasteiger partial charge in [0.25, 0.3) is 0 Å². The number of nitrogens with zero attached hydrogens (tertiary/aromatic N) is 4. The van der Waals surface area contributed by atoms with Gasteiger partial charge in [-0.05, 0) is 45.6 Å². The Morgan fingerprint density at radius 2 is 2.03 bits per heavy atom. The Kier molecular flexibility index (Phi) is 5.28. The van der Waals surface area contributed by atoms with Crippen LogP contribution in [0.1, 0.15) is 49.9 Å². The summed E-state index contributed by atoms with van der Waals surface area (Å²) in [5.74, 6) is 0.849. The highest BCUT2D eigenvalue weighted by molar-refractivity contribution is 7.21. The van der Waals surface area contributed by atoms with Gasteiger partial charge in [0.15, 0.2) is 5.72 Å². The fourth-order valence-corrected chi connectivity index (χ4v) is 6.30. The van der Waals surface area contributed by atoms with Crippen LogP contribution in [-0.4, -0.2) is 72.4 Å². The molecule has 3 aliphatic carbocycles. The minimum Gasteiger partial charge on any atom is -0.390 e.